The fourth-order valence-electron chi connectivity index (χ4n) is 6.78. The maximum atomic E-state index is 12.7. The van der Waals surface area contributed by atoms with E-state index in [1.54, 1.807) is 0 Å². The number of ether oxygens (including phenoxy) is 1. The van der Waals surface area contributed by atoms with Gasteiger partial charge < -0.3 is 15.4 Å². The molecule has 0 aromatic rings. The number of amides is 2. The van der Waals surface area contributed by atoms with Crippen molar-refractivity contribution in [2.75, 3.05) is 13.2 Å². The van der Waals surface area contributed by atoms with Crippen molar-refractivity contribution in [2.45, 2.75) is 83.8 Å². The number of urea groups is 1. The zero-order valence-corrected chi connectivity index (χ0v) is 16.3. The lowest BCUT2D eigenvalue weighted by Gasteiger charge is -2.56. The molecule has 2 N–H and O–H groups in total. The Morgan fingerprint density at radius 1 is 1.08 bits per heavy atom. The van der Waals surface area contributed by atoms with E-state index < -0.39 is 0 Å². The van der Waals surface area contributed by atoms with Crippen molar-refractivity contribution in [2.24, 2.45) is 29.1 Å². The summed E-state index contributed by atoms with van der Waals surface area (Å²) in [6.45, 7) is 8.32. The molecule has 142 valence electrons. The van der Waals surface area contributed by atoms with Gasteiger partial charge in [0.2, 0.25) is 0 Å². The minimum Gasteiger partial charge on any atom is -0.377 e. The lowest BCUT2D eigenvalue weighted by Crippen LogP contribution is -2.61. The summed E-state index contributed by atoms with van der Waals surface area (Å²) in [6.07, 6.45) is 10.4. The van der Waals surface area contributed by atoms with Gasteiger partial charge >= 0.3 is 6.03 Å². The molecule has 0 unspecified atom stereocenters. The quantitative estimate of drug-likeness (QED) is 0.807. The Morgan fingerprint density at radius 3 is 2.24 bits per heavy atom. The van der Waals surface area contributed by atoms with Crippen molar-refractivity contribution in [3.05, 3.63) is 0 Å². The van der Waals surface area contributed by atoms with Crippen LogP contribution in [0.5, 0.6) is 0 Å². The molecule has 2 amide bonds. The lowest BCUT2D eigenvalue weighted by atomic mass is 9.53. The molecule has 4 bridgehead atoms. The number of carbonyl (C=O) groups is 1. The molecular weight excluding hydrogens is 312 g/mol. The van der Waals surface area contributed by atoms with E-state index >= 15 is 0 Å². The largest absolute Gasteiger partial charge is 0.377 e. The molecular formula is C21H36N2O2. The summed E-state index contributed by atoms with van der Waals surface area (Å²) >= 11 is 0. The molecule has 4 saturated carbocycles. The molecule has 0 aromatic heterocycles. The second-order valence-corrected chi connectivity index (χ2v) is 10.6. The number of rotatable bonds is 3. The Balaban J connectivity index is 1.32. The summed E-state index contributed by atoms with van der Waals surface area (Å²) in [5, 5.41) is 6.63. The topological polar surface area (TPSA) is 50.4 Å². The molecule has 4 aliphatic carbocycles. The van der Waals surface area contributed by atoms with E-state index in [1.807, 2.05) is 0 Å². The van der Waals surface area contributed by atoms with Crippen molar-refractivity contribution in [3.63, 3.8) is 0 Å². The van der Waals surface area contributed by atoms with E-state index in [-0.39, 0.29) is 23.1 Å². The Hall–Kier alpha value is -0.770. The summed E-state index contributed by atoms with van der Waals surface area (Å²) in [7, 11) is 0. The molecule has 5 rings (SSSR count). The van der Waals surface area contributed by atoms with Crippen LogP contribution in [0.2, 0.25) is 0 Å². The van der Waals surface area contributed by atoms with Gasteiger partial charge in [-0.15, -0.1) is 0 Å². The van der Waals surface area contributed by atoms with Crippen LogP contribution in [0.4, 0.5) is 4.79 Å². The first-order chi connectivity index (χ1) is 11.8. The Morgan fingerprint density at radius 2 is 1.68 bits per heavy atom. The molecule has 0 spiro atoms. The Bertz CT molecular complexity index is 475. The highest BCUT2D eigenvalue weighted by molar-refractivity contribution is 5.74. The fourth-order valence-corrected chi connectivity index (χ4v) is 6.78. The van der Waals surface area contributed by atoms with Crippen molar-refractivity contribution >= 4 is 6.03 Å². The van der Waals surface area contributed by atoms with Gasteiger partial charge in [0.15, 0.2) is 0 Å². The molecule has 1 heterocycles. The minimum atomic E-state index is 0.0557. The highest BCUT2D eigenvalue weighted by Gasteiger charge is 2.51. The highest BCUT2D eigenvalue weighted by atomic mass is 16.5. The van der Waals surface area contributed by atoms with E-state index in [1.165, 1.54) is 38.5 Å². The van der Waals surface area contributed by atoms with Crippen molar-refractivity contribution in [1.29, 1.82) is 0 Å². The van der Waals surface area contributed by atoms with Crippen LogP contribution < -0.4 is 10.6 Å². The van der Waals surface area contributed by atoms with Gasteiger partial charge in [0.05, 0.1) is 6.10 Å². The minimum absolute atomic E-state index is 0.0557. The van der Waals surface area contributed by atoms with Crippen LogP contribution in [0.25, 0.3) is 0 Å². The molecule has 25 heavy (non-hydrogen) atoms. The van der Waals surface area contributed by atoms with E-state index in [0.29, 0.717) is 5.92 Å². The third-order valence-corrected chi connectivity index (χ3v) is 7.24. The third kappa shape index (κ3) is 3.70. The number of nitrogens with one attached hydrogen (secondary N) is 2. The summed E-state index contributed by atoms with van der Waals surface area (Å²) < 4.78 is 6.05. The highest BCUT2D eigenvalue weighted by Crippen LogP contribution is 2.55. The van der Waals surface area contributed by atoms with Crippen LogP contribution in [-0.2, 0) is 4.74 Å². The van der Waals surface area contributed by atoms with Gasteiger partial charge in [-0.25, -0.2) is 4.79 Å². The van der Waals surface area contributed by atoms with Crippen LogP contribution in [0.1, 0.15) is 72.1 Å². The first-order valence-electron chi connectivity index (χ1n) is 10.5. The smallest absolute Gasteiger partial charge is 0.315 e. The average molecular weight is 349 g/mol. The molecule has 1 aliphatic heterocycles. The SMILES string of the molecule is CC(C)(C)[C@@H]1OCCC[C@@H]1CNC(=O)NC12CC3CC(CC(C3)C1)C2. The second-order valence-electron chi connectivity index (χ2n) is 10.6. The standard InChI is InChI=1S/C21H36N2O2/c1-20(2,3)18-17(5-4-6-25-18)13-22-19(24)23-21-10-14-7-15(11-21)9-16(8-14)12-21/h14-18H,4-13H2,1-3H3,(H2,22,23,24)/t14?,15?,16?,17-,18-,21?/m1/s1. The molecule has 4 nitrogen and oxygen atoms in total. The van der Waals surface area contributed by atoms with Crippen LogP contribution in [0.15, 0.2) is 0 Å². The number of hydrogen-bond acceptors (Lipinski definition) is 2. The molecule has 4 heteroatoms. The summed E-state index contributed by atoms with van der Waals surface area (Å²) in [5.41, 5.74) is 0.231. The van der Waals surface area contributed by atoms with Crippen LogP contribution in [0.3, 0.4) is 0 Å². The maximum absolute atomic E-state index is 12.7. The zero-order chi connectivity index (χ0) is 17.7. The molecule has 5 aliphatic rings. The van der Waals surface area contributed by atoms with Crippen molar-refractivity contribution in [3.8, 4) is 0 Å². The average Bonchev–Trinajstić information content (AvgIpc) is 2.50. The second kappa shape index (κ2) is 6.44. The van der Waals surface area contributed by atoms with Crippen LogP contribution >= 0.6 is 0 Å². The van der Waals surface area contributed by atoms with E-state index in [4.69, 9.17) is 4.74 Å². The fraction of sp³-hybridized carbons (Fsp3) is 0.952. The van der Waals surface area contributed by atoms with Gasteiger partial charge in [-0.3, -0.25) is 0 Å². The number of hydrogen-bond donors (Lipinski definition) is 2. The Kier molecular flexibility index (Phi) is 4.54. The first-order valence-corrected chi connectivity index (χ1v) is 10.5. The first kappa shape index (κ1) is 17.6. The third-order valence-electron chi connectivity index (χ3n) is 7.24. The van der Waals surface area contributed by atoms with Gasteiger partial charge in [0.1, 0.15) is 0 Å². The molecule has 1 saturated heterocycles. The van der Waals surface area contributed by atoms with Crippen LogP contribution in [0, 0.1) is 29.1 Å². The van der Waals surface area contributed by atoms with Gasteiger partial charge in [-0.2, -0.15) is 0 Å². The van der Waals surface area contributed by atoms with Crippen LogP contribution in [-0.4, -0.2) is 30.8 Å². The molecule has 5 fully saturated rings. The predicted octanol–water partition coefficient (Wildman–Crippen LogP) is 4.10. The van der Waals surface area contributed by atoms with Gasteiger partial charge in [0.25, 0.3) is 0 Å². The number of carbonyl (C=O) groups excluding carboxylic acids is 1. The van der Waals surface area contributed by atoms with E-state index in [2.05, 4.69) is 31.4 Å². The summed E-state index contributed by atoms with van der Waals surface area (Å²) in [5.74, 6) is 3.02. The Labute approximate surface area is 152 Å². The molecule has 2 atom stereocenters. The van der Waals surface area contributed by atoms with Gasteiger partial charge in [-0.05, 0) is 74.5 Å². The van der Waals surface area contributed by atoms with Crippen molar-refractivity contribution < 1.29 is 9.53 Å². The molecule has 0 radical (unpaired) electrons. The summed E-state index contributed by atoms with van der Waals surface area (Å²) in [6, 6.07) is 0.0557. The van der Waals surface area contributed by atoms with Gasteiger partial charge in [-0.1, -0.05) is 20.8 Å². The zero-order valence-electron chi connectivity index (χ0n) is 16.3. The van der Waals surface area contributed by atoms with E-state index in [9.17, 15) is 4.79 Å². The summed E-state index contributed by atoms with van der Waals surface area (Å²) in [4.78, 5) is 12.7. The van der Waals surface area contributed by atoms with Gasteiger partial charge in [0, 0.05) is 24.6 Å². The molecule has 0 aromatic carbocycles. The normalized spacial score (nSPS) is 43.1. The van der Waals surface area contributed by atoms with Crippen molar-refractivity contribution in [1.82, 2.24) is 10.6 Å². The predicted molar refractivity (Wildman–Crippen MR) is 99.4 cm³/mol. The maximum Gasteiger partial charge on any atom is 0.315 e. The monoisotopic (exact) mass is 348 g/mol. The lowest BCUT2D eigenvalue weighted by molar-refractivity contribution is -0.0839. The van der Waals surface area contributed by atoms with E-state index in [0.717, 1.165) is 43.7 Å².